The minimum absolute atomic E-state index is 0.0496. The van der Waals surface area contributed by atoms with Crippen LogP contribution in [0.25, 0.3) is 5.69 Å². The van der Waals surface area contributed by atoms with E-state index in [1.54, 1.807) is 37.3 Å². The molecule has 0 amide bonds. The molecule has 0 bridgehead atoms. The lowest BCUT2D eigenvalue weighted by atomic mass is 10.3. The van der Waals surface area contributed by atoms with Gasteiger partial charge in [-0.05, 0) is 30.7 Å². The maximum Gasteiger partial charge on any atom is 0.269 e. The van der Waals surface area contributed by atoms with Crippen LogP contribution >= 0.6 is 11.8 Å². The molecule has 1 aromatic heterocycles. The topological polar surface area (TPSA) is 92.3 Å². The van der Waals surface area contributed by atoms with Crippen molar-refractivity contribution in [3.05, 3.63) is 65.0 Å². The van der Waals surface area contributed by atoms with Gasteiger partial charge in [-0.3, -0.25) is 14.7 Å². The van der Waals surface area contributed by atoms with Crippen LogP contribution in [0.15, 0.2) is 60.0 Å². The molecule has 27 heavy (non-hydrogen) atoms. The van der Waals surface area contributed by atoms with Crippen LogP contribution in [0.5, 0.6) is 11.5 Å². The SMILES string of the molecule is COc1ccccc1-n1cnnc1SCCCOc1ccc([N+](=O)[O-])cc1. The second-order valence-corrected chi connectivity index (χ2v) is 6.52. The lowest BCUT2D eigenvalue weighted by Crippen LogP contribution is -2.01. The molecule has 9 heteroatoms. The summed E-state index contributed by atoms with van der Waals surface area (Å²) in [7, 11) is 1.63. The van der Waals surface area contributed by atoms with Crippen molar-refractivity contribution in [3.8, 4) is 17.2 Å². The number of benzene rings is 2. The number of nitro groups is 1. The smallest absolute Gasteiger partial charge is 0.269 e. The van der Waals surface area contributed by atoms with Crippen LogP contribution in [-0.4, -0.2) is 39.2 Å². The van der Waals surface area contributed by atoms with Crippen LogP contribution in [0.1, 0.15) is 6.42 Å². The third kappa shape index (κ3) is 4.76. The lowest BCUT2D eigenvalue weighted by molar-refractivity contribution is -0.384. The molecule has 0 fully saturated rings. The van der Waals surface area contributed by atoms with E-state index in [1.165, 1.54) is 12.1 Å². The van der Waals surface area contributed by atoms with Gasteiger partial charge >= 0.3 is 0 Å². The number of para-hydroxylation sites is 2. The Labute approximate surface area is 160 Å². The quantitative estimate of drug-likeness (QED) is 0.239. The number of non-ortho nitro benzene ring substituents is 1. The van der Waals surface area contributed by atoms with Gasteiger partial charge in [0, 0.05) is 17.9 Å². The maximum absolute atomic E-state index is 10.6. The number of hydrogen-bond donors (Lipinski definition) is 0. The largest absolute Gasteiger partial charge is 0.495 e. The van der Waals surface area contributed by atoms with Crippen LogP contribution in [0.2, 0.25) is 0 Å². The molecule has 0 aliphatic rings. The first-order valence-electron chi connectivity index (χ1n) is 8.22. The summed E-state index contributed by atoms with van der Waals surface area (Å²) in [6.45, 7) is 0.508. The van der Waals surface area contributed by atoms with Crippen molar-refractivity contribution >= 4 is 17.4 Å². The number of nitrogens with zero attached hydrogens (tertiary/aromatic N) is 4. The van der Waals surface area contributed by atoms with E-state index in [4.69, 9.17) is 9.47 Å². The number of rotatable bonds is 9. The molecule has 0 atom stereocenters. The highest BCUT2D eigenvalue weighted by molar-refractivity contribution is 7.99. The lowest BCUT2D eigenvalue weighted by Gasteiger charge is -2.10. The van der Waals surface area contributed by atoms with Gasteiger partial charge in [0.2, 0.25) is 0 Å². The van der Waals surface area contributed by atoms with E-state index in [2.05, 4.69) is 10.2 Å². The first-order valence-corrected chi connectivity index (χ1v) is 9.21. The summed E-state index contributed by atoms with van der Waals surface area (Å²) in [5.74, 6) is 2.16. The van der Waals surface area contributed by atoms with Gasteiger partial charge in [0.25, 0.3) is 5.69 Å². The Morgan fingerprint density at radius 1 is 1.19 bits per heavy atom. The molecule has 0 radical (unpaired) electrons. The van der Waals surface area contributed by atoms with Crippen molar-refractivity contribution in [2.24, 2.45) is 0 Å². The van der Waals surface area contributed by atoms with Gasteiger partial charge in [-0.1, -0.05) is 23.9 Å². The molecule has 0 aliphatic carbocycles. The van der Waals surface area contributed by atoms with Crippen LogP contribution in [-0.2, 0) is 0 Å². The zero-order valence-electron chi connectivity index (χ0n) is 14.6. The Morgan fingerprint density at radius 3 is 2.70 bits per heavy atom. The maximum atomic E-state index is 10.6. The standard InChI is InChI=1S/C18H18N4O4S/c1-25-17-6-3-2-5-16(17)21-13-19-20-18(21)27-12-4-11-26-15-9-7-14(8-10-15)22(23)24/h2-3,5-10,13H,4,11-12H2,1H3. The highest BCUT2D eigenvalue weighted by Crippen LogP contribution is 2.27. The van der Waals surface area contributed by atoms with E-state index in [0.717, 1.165) is 28.8 Å². The highest BCUT2D eigenvalue weighted by atomic mass is 32.2. The monoisotopic (exact) mass is 386 g/mol. The van der Waals surface area contributed by atoms with E-state index in [0.29, 0.717) is 12.4 Å². The molecule has 8 nitrogen and oxygen atoms in total. The summed E-state index contributed by atoms with van der Waals surface area (Å²) >= 11 is 1.57. The van der Waals surface area contributed by atoms with Gasteiger partial charge in [-0.2, -0.15) is 0 Å². The average molecular weight is 386 g/mol. The number of thioether (sulfide) groups is 1. The number of aromatic nitrogens is 3. The third-order valence-corrected chi connectivity index (χ3v) is 4.73. The molecule has 2 aromatic carbocycles. The Hall–Kier alpha value is -3.07. The second kappa shape index (κ2) is 9.04. The minimum atomic E-state index is -0.432. The molecule has 0 aliphatic heterocycles. The fourth-order valence-electron chi connectivity index (χ4n) is 2.39. The first kappa shape index (κ1) is 18.7. The van der Waals surface area contributed by atoms with Crippen molar-refractivity contribution in [2.45, 2.75) is 11.6 Å². The Bertz CT molecular complexity index is 898. The number of hydrogen-bond acceptors (Lipinski definition) is 7. The van der Waals surface area contributed by atoms with E-state index in [9.17, 15) is 10.1 Å². The molecule has 0 spiro atoms. The fraction of sp³-hybridized carbons (Fsp3) is 0.222. The fourth-order valence-corrected chi connectivity index (χ4v) is 3.23. The van der Waals surface area contributed by atoms with Crippen molar-refractivity contribution < 1.29 is 14.4 Å². The molecule has 0 saturated carbocycles. The van der Waals surface area contributed by atoms with Crippen molar-refractivity contribution in [2.75, 3.05) is 19.5 Å². The average Bonchev–Trinajstić information content (AvgIpc) is 3.16. The summed E-state index contributed by atoms with van der Waals surface area (Å²) in [6.07, 6.45) is 2.45. The van der Waals surface area contributed by atoms with E-state index >= 15 is 0 Å². The minimum Gasteiger partial charge on any atom is -0.495 e. The molecule has 3 aromatic rings. The number of nitro benzene ring substituents is 1. The summed E-state index contributed by atoms with van der Waals surface area (Å²) in [5, 5.41) is 19.6. The first-order chi connectivity index (χ1) is 13.2. The Morgan fingerprint density at radius 2 is 1.96 bits per heavy atom. The molecular weight excluding hydrogens is 368 g/mol. The normalized spacial score (nSPS) is 10.6. The summed E-state index contributed by atoms with van der Waals surface area (Å²) < 4.78 is 12.9. The van der Waals surface area contributed by atoms with Crippen LogP contribution in [0.4, 0.5) is 5.69 Å². The molecule has 0 saturated heterocycles. The molecule has 3 rings (SSSR count). The van der Waals surface area contributed by atoms with Gasteiger partial charge < -0.3 is 9.47 Å². The van der Waals surface area contributed by atoms with Gasteiger partial charge in [-0.25, -0.2) is 0 Å². The predicted octanol–water partition coefficient (Wildman–Crippen LogP) is 3.75. The van der Waals surface area contributed by atoms with Gasteiger partial charge in [0.1, 0.15) is 17.8 Å². The van der Waals surface area contributed by atoms with Gasteiger partial charge in [0.15, 0.2) is 5.16 Å². The summed E-state index contributed by atoms with van der Waals surface area (Å²) in [4.78, 5) is 10.2. The van der Waals surface area contributed by atoms with Gasteiger partial charge in [-0.15, -0.1) is 10.2 Å². The Kier molecular flexibility index (Phi) is 6.26. The highest BCUT2D eigenvalue weighted by Gasteiger charge is 2.11. The van der Waals surface area contributed by atoms with E-state index < -0.39 is 4.92 Å². The van der Waals surface area contributed by atoms with Crippen molar-refractivity contribution in [1.82, 2.24) is 14.8 Å². The van der Waals surface area contributed by atoms with Crippen LogP contribution in [0.3, 0.4) is 0 Å². The Balaban J connectivity index is 1.50. The predicted molar refractivity (Wildman–Crippen MR) is 102 cm³/mol. The molecule has 140 valence electrons. The molecular formula is C18H18N4O4S. The molecule has 0 N–H and O–H groups in total. The van der Waals surface area contributed by atoms with Gasteiger partial charge in [0.05, 0.1) is 24.3 Å². The summed E-state index contributed by atoms with van der Waals surface area (Å²) in [5.41, 5.74) is 0.934. The number of methoxy groups -OCH3 is 1. The van der Waals surface area contributed by atoms with Crippen LogP contribution in [0, 0.1) is 10.1 Å². The second-order valence-electron chi connectivity index (χ2n) is 5.46. The molecule has 0 unspecified atom stereocenters. The summed E-state index contributed by atoms with van der Waals surface area (Å²) in [6, 6.07) is 13.7. The van der Waals surface area contributed by atoms with E-state index in [-0.39, 0.29) is 5.69 Å². The third-order valence-electron chi connectivity index (χ3n) is 3.70. The molecule has 1 heterocycles. The van der Waals surface area contributed by atoms with Crippen molar-refractivity contribution in [3.63, 3.8) is 0 Å². The van der Waals surface area contributed by atoms with E-state index in [1.807, 2.05) is 28.8 Å². The zero-order valence-corrected chi connectivity index (χ0v) is 15.5. The van der Waals surface area contributed by atoms with Crippen LogP contribution < -0.4 is 9.47 Å². The zero-order chi connectivity index (χ0) is 19.1. The number of ether oxygens (including phenoxy) is 2. The van der Waals surface area contributed by atoms with Crippen molar-refractivity contribution in [1.29, 1.82) is 0 Å².